The highest BCUT2D eigenvalue weighted by Crippen LogP contribution is 2.35. The molecule has 2 heterocycles. The lowest BCUT2D eigenvalue weighted by molar-refractivity contribution is -0.264. The number of amides is 2. The second kappa shape index (κ2) is 7.29. The number of hydrogen-bond acceptors (Lipinski definition) is 5. The highest BCUT2D eigenvalue weighted by molar-refractivity contribution is 5.95. The molecule has 0 aliphatic carbocycles. The van der Waals surface area contributed by atoms with E-state index in [1.807, 2.05) is 0 Å². The van der Waals surface area contributed by atoms with E-state index in [4.69, 9.17) is 14.2 Å². The van der Waals surface area contributed by atoms with Gasteiger partial charge >= 0.3 is 0 Å². The molecule has 130 valence electrons. The first kappa shape index (κ1) is 16.9. The summed E-state index contributed by atoms with van der Waals surface area (Å²) in [6.07, 6.45) is 1.42. The minimum absolute atomic E-state index is 0.0587. The van der Waals surface area contributed by atoms with Crippen molar-refractivity contribution in [3.05, 3.63) is 29.3 Å². The largest absolute Gasteiger partial charge is 0.378 e. The lowest BCUT2D eigenvalue weighted by atomic mass is 10.00. The molecule has 24 heavy (non-hydrogen) atoms. The first-order valence-electron chi connectivity index (χ1n) is 8.14. The van der Waals surface area contributed by atoms with E-state index in [1.54, 1.807) is 30.0 Å². The summed E-state index contributed by atoms with van der Waals surface area (Å²) >= 11 is 0. The quantitative estimate of drug-likeness (QED) is 0.841. The topological polar surface area (TPSA) is 77.1 Å². The van der Waals surface area contributed by atoms with Crippen LogP contribution < -0.4 is 5.32 Å². The van der Waals surface area contributed by atoms with E-state index in [2.05, 4.69) is 5.32 Å². The zero-order valence-corrected chi connectivity index (χ0v) is 13.7. The molecular weight excluding hydrogens is 312 g/mol. The molecule has 0 spiro atoms. The van der Waals surface area contributed by atoms with Gasteiger partial charge in [0.1, 0.15) is 0 Å². The standard InChI is InChI=1S/C17H22N2O5/c1-17(23-7-2-8-24-17)14-11-13(3-4-15(14)18-12-20)16(21)19-5-9-22-10-6-19/h3-4,11-12H,2,5-10H2,1H3,(H,18,20). The Hall–Kier alpha value is -1.96. The van der Waals surface area contributed by atoms with Crippen molar-refractivity contribution >= 4 is 18.0 Å². The summed E-state index contributed by atoms with van der Waals surface area (Å²) in [5, 5.41) is 2.66. The first-order valence-corrected chi connectivity index (χ1v) is 8.14. The smallest absolute Gasteiger partial charge is 0.254 e. The van der Waals surface area contributed by atoms with Crippen molar-refractivity contribution in [3.63, 3.8) is 0 Å². The molecule has 1 N–H and O–H groups in total. The van der Waals surface area contributed by atoms with Gasteiger partial charge < -0.3 is 24.4 Å². The molecule has 0 aromatic heterocycles. The second-order valence-corrected chi connectivity index (χ2v) is 5.92. The van der Waals surface area contributed by atoms with Gasteiger partial charge in [0, 0.05) is 29.9 Å². The zero-order chi connectivity index (χ0) is 17.0. The van der Waals surface area contributed by atoms with Crippen LogP contribution >= 0.6 is 0 Å². The van der Waals surface area contributed by atoms with Gasteiger partial charge in [-0.3, -0.25) is 9.59 Å². The fourth-order valence-corrected chi connectivity index (χ4v) is 2.98. The summed E-state index contributed by atoms with van der Waals surface area (Å²) in [6, 6.07) is 5.16. The maximum absolute atomic E-state index is 12.7. The fourth-order valence-electron chi connectivity index (χ4n) is 2.98. The van der Waals surface area contributed by atoms with Crippen LogP contribution in [0.2, 0.25) is 0 Å². The normalized spacial score (nSPS) is 20.5. The molecule has 0 atom stereocenters. The first-order chi connectivity index (χ1) is 11.6. The molecule has 0 unspecified atom stereocenters. The zero-order valence-electron chi connectivity index (χ0n) is 13.7. The van der Waals surface area contributed by atoms with E-state index in [1.165, 1.54) is 0 Å². The molecule has 2 amide bonds. The molecular formula is C17H22N2O5. The van der Waals surface area contributed by atoms with Crippen LogP contribution in [0.4, 0.5) is 5.69 Å². The summed E-state index contributed by atoms with van der Waals surface area (Å²) in [5.41, 5.74) is 1.77. The van der Waals surface area contributed by atoms with Gasteiger partial charge in [0.05, 0.1) is 26.4 Å². The SMILES string of the molecule is CC1(c2cc(C(=O)N3CCOCC3)ccc2NC=O)OCCCO1. The highest BCUT2D eigenvalue weighted by Gasteiger charge is 2.34. The minimum Gasteiger partial charge on any atom is -0.378 e. The number of rotatable bonds is 4. The lowest BCUT2D eigenvalue weighted by Crippen LogP contribution is -2.41. The molecule has 0 saturated carbocycles. The number of carbonyl (C=O) groups is 2. The molecule has 2 aliphatic heterocycles. The van der Waals surface area contributed by atoms with Crippen molar-refractivity contribution in [1.82, 2.24) is 4.90 Å². The monoisotopic (exact) mass is 334 g/mol. The van der Waals surface area contributed by atoms with Crippen LogP contribution in [-0.4, -0.2) is 56.7 Å². The number of hydrogen-bond donors (Lipinski definition) is 1. The summed E-state index contributed by atoms with van der Waals surface area (Å²) in [5.74, 6) is -1.04. The molecule has 1 aromatic rings. The van der Waals surface area contributed by atoms with Crippen molar-refractivity contribution < 1.29 is 23.8 Å². The Morgan fingerprint density at radius 1 is 1.21 bits per heavy atom. The molecule has 2 aliphatic rings. The Kier molecular flexibility index (Phi) is 5.13. The van der Waals surface area contributed by atoms with Gasteiger partial charge in [-0.25, -0.2) is 0 Å². The van der Waals surface area contributed by atoms with Gasteiger partial charge in [-0.05, 0) is 31.5 Å². The molecule has 3 rings (SSSR count). The summed E-state index contributed by atoms with van der Waals surface area (Å²) in [4.78, 5) is 25.4. The number of carbonyl (C=O) groups excluding carboxylic acids is 2. The van der Waals surface area contributed by atoms with Crippen molar-refractivity contribution in [1.29, 1.82) is 0 Å². The van der Waals surface area contributed by atoms with Crippen molar-refractivity contribution in [2.24, 2.45) is 0 Å². The van der Waals surface area contributed by atoms with Crippen LogP contribution in [0.1, 0.15) is 29.3 Å². The average Bonchev–Trinajstić information content (AvgIpc) is 2.63. The third-order valence-electron chi connectivity index (χ3n) is 4.31. The Morgan fingerprint density at radius 3 is 2.58 bits per heavy atom. The molecule has 2 saturated heterocycles. The van der Waals surface area contributed by atoms with E-state index in [0.717, 1.165) is 6.42 Å². The number of anilines is 1. The summed E-state index contributed by atoms with van der Waals surface area (Å²) in [6.45, 7) is 5.19. The minimum atomic E-state index is -0.981. The number of ether oxygens (including phenoxy) is 3. The van der Waals surface area contributed by atoms with Crippen LogP contribution in [0.25, 0.3) is 0 Å². The lowest BCUT2D eigenvalue weighted by Gasteiger charge is -2.35. The molecule has 7 heteroatoms. The molecule has 2 fully saturated rings. The molecule has 0 bridgehead atoms. The predicted octanol–water partition coefficient (Wildman–Crippen LogP) is 1.34. The van der Waals surface area contributed by atoms with Crippen LogP contribution in [0.3, 0.4) is 0 Å². The maximum atomic E-state index is 12.7. The van der Waals surface area contributed by atoms with Gasteiger partial charge in [0.15, 0.2) is 5.79 Å². The Labute approximate surface area is 140 Å². The maximum Gasteiger partial charge on any atom is 0.254 e. The van der Waals surface area contributed by atoms with Crippen LogP contribution in [-0.2, 0) is 24.8 Å². The van der Waals surface area contributed by atoms with Crippen molar-refractivity contribution in [3.8, 4) is 0 Å². The van der Waals surface area contributed by atoms with Crippen LogP contribution in [0.5, 0.6) is 0 Å². The second-order valence-electron chi connectivity index (χ2n) is 5.92. The third-order valence-corrected chi connectivity index (χ3v) is 4.31. The van der Waals surface area contributed by atoms with Crippen LogP contribution in [0.15, 0.2) is 18.2 Å². The van der Waals surface area contributed by atoms with Gasteiger partial charge in [-0.2, -0.15) is 0 Å². The van der Waals surface area contributed by atoms with Crippen molar-refractivity contribution in [2.75, 3.05) is 44.8 Å². The summed E-state index contributed by atoms with van der Waals surface area (Å²) in [7, 11) is 0. The van der Waals surface area contributed by atoms with Gasteiger partial charge in [-0.1, -0.05) is 0 Å². The number of nitrogens with zero attached hydrogens (tertiary/aromatic N) is 1. The molecule has 1 aromatic carbocycles. The third kappa shape index (κ3) is 3.43. The van der Waals surface area contributed by atoms with E-state index in [-0.39, 0.29) is 5.91 Å². The van der Waals surface area contributed by atoms with E-state index >= 15 is 0 Å². The molecule has 7 nitrogen and oxygen atoms in total. The Morgan fingerprint density at radius 2 is 1.92 bits per heavy atom. The fraction of sp³-hybridized carbons (Fsp3) is 0.529. The van der Waals surface area contributed by atoms with Crippen molar-refractivity contribution in [2.45, 2.75) is 19.1 Å². The summed E-state index contributed by atoms with van der Waals surface area (Å²) < 4.78 is 16.9. The molecule has 0 radical (unpaired) electrons. The Balaban J connectivity index is 1.92. The van der Waals surface area contributed by atoms with Gasteiger partial charge in [0.25, 0.3) is 5.91 Å². The van der Waals surface area contributed by atoms with E-state index in [0.29, 0.717) is 62.7 Å². The van der Waals surface area contributed by atoms with Gasteiger partial charge in [0.2, 0.25) is 6.41 Å². The van der Waals surface area contributed by atoms with E-state index in [9.17, 15) is 9.59 Å². The predicted molar refractivity (Wildman–Crippen MR) is 86.7 cm³/mol. The van der Waals surface area contributed by atoms with Crippen LogP contribution in [0, 0.1) is 0 Å². The Bertz CT molecular complexity index is 607. The number of morpholine rings is 1. The number of benzene rings is 1. The van der Waals surface area contributed by atoms with Gasteiger partial charge in [-0.15, -0.1) is 0 Å². The highest BCUT2D eigenvalue weighted by atomic mass is 16.7. The van der Waals surface area contributed by atoms with E-state index < -0.39 is 5.79 Å². The number of nitrogens with one attached hydrogen (secondary N) is 1. The average molecular weight is 334 g/mol.